The summed E-state index contributed by atoms with van der Waals surface area (Å²) in [5, 5.41) is 3.28. The van der Waals surface area contributed by atoms with Crippen LogP contribution in [0, 0.1) is 0 Å². The van der Waals surface area contributed by atoms with Gasteiger partial charge in [-0.05, 0) is 18.6 Å². The Bertz CT molecular complexity index is 947. The third-order valence-electron chi connectivity index (χ3n) is 4.07. The van der Waals surface area contributed by atoms with E-state index >= 15 is 0 Å². The first-order valence-corrected chi connectivity index (χ1v) is 9.15. The molecule has 0 fully saturated rings. The standard InChI is InChI=1S/C21H24N4O3/c1-5-27-20(26)19-24-17(21(2,3)4)10-18(25-19)23-11-14-7-6-8-15(9-14)16-12-22-13-28-16/h6-10,12-13H,5,11H2,1-4H3,(H,23,24,25). The van der Waals surface area contributed by atoms with Gasteiger partial charge in [-0.15, -0.1) is 0 Å². The average Bonchev–Trinajstić information content (AvgIpc) is 3.21. The minimum Gasteiger partial charge on any atom is -0.460 e. The van der Waals surface area contributed by atoms with Crippen LogP contribution in [0.25, 0.3) is 11.3 Å². The fraction of sp³-hybridized carbons (Fsp3) is 0.333. The lowest BCUT2D eigenvalue weighted by atomic mass is 9.92. The second-order valence-electron chi connectivity index (χ2n) is 7.35. The van der Waals surface area contributed by atoms with Crippen LogP contribution in [0.2, 0.25) is 0 Å². The number of carbonyl (C=O) groups is 1. The molecule has 0 atom stereocenters. The van der Waals surface area contributed by atoms with Crippen molar-refractivity contribution in [3.8, 4) is 11.3 Å². The first-order chi connectivity index (χ1) is 13.4. The molecule has 0 radical (unpaired) electrons. The van der Waals surface area contributed by atoms with E-state index < -0.39 is 5.97 Å². The molecule has 146 valence electrons. The van der Waals surface area contributed by atoms with Crippen LogP contribution in [0.3, 0.4) is 0 Å². The van der Waals surface area contributed by atoms with Gasteiger partial charge in [0.1, 0.15) is 5.82 Å². The molecule has 0 aliphatic rings. The molecule has 2 heterocycles. The van der Waals surface area contributed by atoms with E-state index in [-0.39, 0.29) is 17.8 Å². The third kappa shape index (κ3) is 4.73. The van der Waals surface area contributed by atoms with E-state index in [1.165, 1.54) is 6.39 Å². The smallest absolute Gasteiger partial charge is 0.376 e. The molecule has 1 aromatic carbocycles. The molecule has 0 amide bonds. The van der Waals surface area contributed by atoms with Gasteiger partial charge in [0.2, 0.25) is 5.82 Å². The molecule has 3 rings (SSSR count). The molecule has 0 unspecified atom stereocenters. The van der Waals surface area contributed by atoms with Gasteiger partial charge in [-0.3, -0.25) is 0 Å². The van der Waals surface area contributed by atoms with Crippen molar-refractivity contribution in [3.05, 3.63) is 60.0 Å². The second kappa shape index (κ2) is 8.21. The average molecular weight is 380 g/mol. The number of benzene rings is 1. The van der Waals surface area contributed by atoms with E-state index in [0.717, 1.165) is 16.8 Å². The number of hydrogen-bond donors (Lipinski definition) is 1. The van der Waals surface area contributed by atoms with Crippen LogP contribution in [0.1, 0.15) is 49.6 Å². The van der Waals surface area contributed by atoms with Gasteiger partial charge in [-0.25, -0.2) is 19.7 Å². The monoisotopic (exact) mass is 380 g/mol. The van der Waals surface area contributed by atoms with Crippen molar-refractivity contribution < 1.29 is 13.9 Å². The van der Waals surface area contributed by atoms with Crippen LogP contribution < -0.4 is 5.32 Å². The van der Waals surface area contributed by atoms with Crippen molar-refractivity contribution in [1.82, 2.24) is 15.0 Å². The fourth-order valence-corrected chi connectivity index (χ4v) is 2.59. The topological polar surface area (TPSA) is 90.1 Å². The van der Waals surface area contributed by atoms with Crippen molar-refractivity contribution >= 4 is 11.8 Å². The van der Waals surface area contributed by atoms with E-state index in [9.17, 15) is 4.79 Å². The van der Waals surface area contributed by atoms with Gasteiger partial charge in [0.25, 0.3) is 0 Å². The highest BCUT2D eigenvalue weighted by molar-refractivity contribution is 5.85. The second-order valence-corrected chi connectivity index (χ2v) is 7.35. The van der Waals surface area contributed by atoms with Crippen LogP contribution in [-0.2, 0) is 16.7 Å². The Morgan fingerprint density at radius 3 is 2.71 bits per heavy atom. The largest absolute Gasteiger partial charge is 0.460 e. The van der Waals surface area contributed by atoms with Crippen LogP contribution in [-0.4, -0.2) is 27.5 Å². The summed E-state index contributed by atoms with van der Waals surface area (Å²) < 4.78 is 10.4. The molecule has 2 aromatic heterocycles. The molecule has 0 saturated heterocycles. The molecule has 0 saturated carbocycles. The number of nitrogens with one attached hydrogen (secondary N) is 1. The summed E-state index contributed by atoms with van der Waals surface area (Å²) in [6.45, 7) is 8.68. The van der Waals surface area contributed by atoms with E-state index in [1.54, 1.807) is 13.1 Å². The zero-order chi connectivity index (χ0) is 20.1. The number of esters is 1. The van der Waals surface area contributed by atoms with Gasteiger partial charge in [0.05, 0.1) is 18.5 Å². The quantitative estimate of drug-likeness (QED) is 0.640. The Kier molecular flexibility index (Phi) is 5.73. The Balaban J connectivity index is 1.83. The van der Waals surface area contributed by atoms with Crippen LogP contribution in [0.15, 0.2) is 47.3 Å². The summed E-state index contributed by atoms with van der Waals surface area (Å²) in [6, 6.07) is 9.81. The Morgan fingerprint density at radius 2 is 2.04 bits per heavy atom. The number of nitrogens with zero attached hydrogens (tertiary/aromatic N) is 3. The van der Waals surface area contributed by atoms with E-state index in [4.69, 9.17) is 9.15 Å². The molecule has 1 N–H and O–H groups in total. The summed E-state index contributed by atoms with van der Waals surface area (Å²) in [7, 11) is 0. The Morgan fingerprint density at radius 1 is 1.21 bits per heavy atom. The number of hydrogen-bond acceptors (Lipinski definition) is 7. The Hall–Kier alpha value is -3.22. The lowest BCUT2D eigenvalue weighted by Crippen LogP contribution is -2.19. The molecule has 28 heavy (non-hydrogen) atoms. The SMILES string of the molecule is CCOC(=O)c1nc(NCc2cccc(-c3cnco3)c2)cc(C(C)(C)C)n1. The Labute approximate surface area is 164 Å². The molecule has 0 aliphatic heterocycles. The summed E-state index contributed by atoms with van der Waals surface area (Å²) in [5.41, 5.74) is 2.53. The van der Waals surface area contributed by atoms with E-state index in [0.29, 0.717) is 18.1 Å². The number of carbonyl (C=O) groups excluding carboxylic acids is 1. The number of oxazole rings is 1. The van der Waals surface area contributed by atoms with Crippen molar-refractivity contribution in [2.75, 3.05) is 11.9 Å². The maximum atomic E-state index is 12.1. The summed E-state index contributed by atoms with van der Waals surface area (Å²) in [4.78, 5) is 24.8. The van der Waals surface area contributed by atoms with Gasteiger partial charge in [0.15, 0.2) is 12.2 Å². The predicted molar refractivity (Wildman–Crippen MR) is 106 cm³/mol. The van der Waals surface area contributed by atoms with Gasteiger partial charge in [0, 0.05) is 23.6 Å². The maximum absolute atomic E-state index is 12.1. The zero-order valence-electron chi connectivity index (χ0n) is 16.5. The highest BCUT2D eigenvalue weighted by Gasteiger charge is 2.21. The van der Waals surface area contributed by atoms with Crippen LogP contribution >= 0.6 is 0 Å². The summed E-state index contributed by atoms with van der Waals surface area (Å²) in [6.07, 6.45) is 3.09. The van der Waals surface area contributed by atoms with Crippen molar-refractivity contribution in [1.29, 1.82) is 0 Å². The highest BCUT2D eigenvalue weighted by Crippen LogP contribution is 2.24. The molecule has 0 bridgehead atoms. The lowest BCUT2D eigenvalue weighted by molar-refractivity contribution is 0.0511. The molecule has 7 heteroatoms. The first kappa shape index (κ1) is 19.5. The molecular formula is C21H24N4O3. The maximum Gasteiger partial charge on any atom is 0.376 e. The minimum atomic E-state index is -0.524. The number of anilines is 1. The van der Waals surface area contributed by atoms with E-state index in [2.05, 4.69) is 20.3 Å². The van der Waals surface area contributed by atoms with Crippen molar-refractivity contribution in [2.24, 2.45) is 0 Å². The van der Waals surface area contributed by atoms with Gasteiger partial charge < -0.3 is 14.5 Å². The fourth-order valence-electron chi connectivity index (χ4n) is 2.59. The number of rotatable bonds is 6. The zero-order valence-corrected chi connectivity index (χ0v) is 16.5. The van der Waals surface area contributed by atoms with Crippen molar-refractivity contribution in [3.63, 3.8) is 0 Å². The number of ether oxygens (including phenoxy) is 1. The molecular weight excluding hydrogens is 356 g/mol. The molecule has 0 aliphatic carbocycles. The molecule has 0 spiro atoms. The minimum absolute atomic E-state index is 0.0622. The molecule has 3 aromatic rings. The lowest BCUT2D eigenvalue weighted by Gasteiger charge is -2.19. The summed E-state index contributed by atoms with van der Waals surface area (Å²) in [5.74, 6) is 0.827. The highest BCUT2D eigenvalue weighted by atomic mass is 16.5. The van der Waals surface area contributed by atoms with Gasteiger partial charge in [-0.1, -0.05) is 39.0 Å². The van der Waals surface area contributed by atoms with Gasteiger partial charge >= 0.3 is 5.97 Å². The van der Waals surface area contributed by atoms with Crippen LogP contribution in [0.4, 0.5) is 5.82 Å². The number of aromatic nitrogens is 3. The van der Waals surface area contributed by atoms with Crippen molar-refractivity contribution in [2.45, 2.75) is 39.7 Å². The van der Waals surface area contributed by atoms with Crippen LogP contribution in [0.5, 0.6) is 0 Å². The first-order valence-electron chi connectivity index (χ1n) is 9.15. The van der Waals surface area contributed by atoms with E-state index in [1.807, 2.05) is 51.1 Å². The third-order valence-corrected chi connectivity index (χ3v) is 4.07. The predicted octanol–water partition coefficient (Wildman–Crippen LogP) is 4.22. The summed E-state index contributed by atoms with van der Waals surface area (Å²) >= 11 is 0. The normalized spacial score (nSPS) is 11.3. The van der Waals surface area contributed by atoms with Gasteiger partial charge in [-0.2, -0.15) is 0 Å². The molecule has 7 nitrogen and oxygen atoms in total.